The molecule has 2 aliphatic heterocycles. The average Bonchev–Trinajstić information content (AvgIpc) is 3.10. The molecule has 2 aliphatic rings. The molecule has 4 heteroatoms. The maximum Gasteiger partial charge on any atom is 0.240 e. The Morgan fingerprint density at radius 3 is 2.90 bits per heavy atom. The largest absolute Gasteiger partial charge is 0.381 e. The fourth-order valence-electron chi connectivity index (χ4n) is 2.98. The molecule has 2 atom stereocenters. The number of nitrogens with zero attached hydrogens (tertiary/aromatic N) is 1. The number of amides is 1. The highest BCUT2D eigenvalue weighted by molar-refractivity contribution is 5.83. The van der Waals surface area contributed by atoms with E-state index < -0.39 is 0 Å². The van der Waals surface area contributed by atoms with Gasteiger partial charge in [0.25, 0.3) is 0 Å². The van der Waals surface area contributed by atoms with Crippen molar-refractivity contribution in [3.63, 3.8) is 0 Å². The summed E-state index contributed by atoms with van der Waals surface area (Å²) >= 11 is 0. The van der Waals surface area contributed by atoms with Gasteiger partial charge in [0.05, 0.1) is 19.3 Å². The monoisotopic (exact) mass is 274 g/mol. The number of hydrogen-bond donors (Lipinski definition) is 1. The van der Waals surface area contributed by atoms with E-state index in [2.05, 4.69) is 17.4 Å². The van der Waals surface area contributed by atoms with Crippen molar-refractivity contribution in [2.45, 2.75) is 25.3 Å². The van der Waals surface area contributed by atoms with Crippen LogP contribution in [0.4, 0.5) is 0 Å². The lowest BCUT2D eigenvalue weighted by Crippen LogP contribution is -2.34. The molecule has 0 bridgehead atoms. The molecular formula is C16H22N2O2. The summed E-state index contributed by atoms with van der Waals surface area (Å²) in [6.45, 7) is 3.18. The Morgan fingerprint density at radius 1 is 1.30 bits per heavy atom. The zero-order valence-electron chi connectivity index (χ0n) is 11.8. The summed E-state index contributed by atoms with van der Waals surface area (Å²) in [5, 5.41) is 3.34. The summed E-state index contributed by atoms with van der Waals surface area (Å²) in [5.41, 5.74) is 1.30. The normalized spacial score (nSPS) is 26.4. The Hall–Kier alpha value is -1.39. The Balaban J connectivity index is 1.48. The average molecular weight is 274 g/mol. The maximum atomic E-state index is 12.3. The first kappa shape index (κ1) is 13.6. The minimum atomic E-state index is -0.0162. The number of aryl methyl sites for hydroxylation is 1. The maximum absolute atomic E-state index is 12.3. The SMILES string of the molecule is O=C1C(CCc2ccccc2)NCN1CC1CCOC1. The number of benzene rings is 1. The quantitative estimate of drug-likeness (QED) is 0.883. The highest BCUT2D eigenvalue weighted by atomic mass is 16.5. The van der Waals surface area contributed by atoms with Gasteiger partial charge in [-0.2, -0.15) is 0 Å². The molecule has 4 nitrogen and oxygen atoms in total. The molecule has 0 aromatic heterocycles. The molecule has 20 heavy (non-hydrogen) atoms. The highest BCUT2D eigenvalue weighted by Crippen LogP contribution is 2.17. The summed E-state index contributed by atoms with van der Waals surface area (Å²) in [7, 11) is 0. The van der Waals surface area contributed by atoms with E-state index in [1.807, 2.05) is 23.1 Å². The number of rotatable bonds is 5. The lowest BCUT2D eigenvalue weighted by molar-refractivity contribution is -0.129. The van der Waals surface area contributed by atoms with E-state index in [4.69, 9.17) is 4.74 Å². The van der Waals surface area contributed by atoms with Gasteiger partial charge in [-0.05, 0) is 24.8 Å². The van der Waals surface area contributed by atoms with Gasteiger partial charge in [-0.15, -0.1) is 0 Å². The van der Waals surface area contributed by atoms with Crippen molar-refractivity contribution in [1.29, 1.82) is 0 Å². The Morgan fingerprint density at radius 2 is 2.15 bits per heavy atom. The molecule has 0 radical (unpaired) electrons. The van der Waals surface area contributed by atoms with Crippen molar-refractivity contribution in [2.75, 3.05) is 26.4 Å². The number of carbonyl (C=O) groups excluding carboxylic acids is 1. The molecule has 2 fully saturated rings. The summed E-state index contributed by atoms with van der Waals surface area (Å²) in [6, 6.07) is 10.3. The van der Waals surface area contributed by atoms with Gasteiger partial charge >= 0.3 is 0 Å². The topological polar surface area (TPSA) is 41.6 Å². The lowest BCUT2D eigenvalue weighted by Gasteiger charge is -2.18. The van der Waals surface area contributed by atoms with Crippen LogP contribution in [0.2, 0.25) is 0 Å². The predicted octanol–water partition coefficient (Wildman–Crippen LogP) is 1.41. The van der Waals surface area contributed by atoms with Crippen LogP contribution in [0.5, 0.6) is 0 Å². The molecule has 3 rings (SSSR count). The van der Waals surface area contributed by atoms with Gasteiger partial charge in [0.15, 0.2) is 0 Å². The molecule has 2 unspecified atom stereocenters. The molecule has 0 spiro atoms. The number of hydrogen-bond acceptors (Lipinski definition) is 3. The van der Waals surface area contributed by atoms with Crippen LogP contribution in [0.1, 0.15) is 18.4 Å². The van der Waals surface area contributed by atoms with Gasteiger partial charge in [0, 0.05) is 19.1 Å². The Labute approximate surface area is 120 Å². The molecule has 1 amide bonds. The summed E-state index contributed by atoms with van der Waals surface area (Å²) < 4.78 is 5.38. The lowest BCUT2D eigenvalue weighted by atomic mass is 10.0. The first-order valence-corrected chi connectivity index (χ1v) is 7.47. The summed E-state index contributed by atoms with van der Waals surface area (Å²) in [6.07, 6.45) is 2.91. The second-order valence-corrected chi connectivity index (χ2v) is 5.73. The molecule has 108 valence electrons. The highest BCUT2D eigenvalue weighted by Gasteiger charge is 2.32. The minimum Gasteiger partial charge on any atom is -0.381 e. The minimum absolute atomic E-state index is 0.0162. The van der Waals surface area contributed by atoms with Crippen LogP contribution < -0.4 is 5.32 Å². The zero-order valence-corrected chi connectivity index (χ0v) is 11.8. The smallest absolute Gasteiger partial charge is 0.240 e. The molecule has 1 N–H and O–H groups in total. The van der Waals surface area contributed by atoms with Crippen LogP contribution in [0, 0.1) is 5.92 Å². The van der Waals surface area contributed by atoms with E-state index in [0.717, 1.165) is 39.0 Å². The third-order valence-corrected chi connectivity index (χ3v) is 4.21. The van der Waals surface area contributed by atoms with E-state index in [1.54, 1.807) is 0 Å². The second kappa shape index (κ2) is 6.37. The van der Waals surface area contributed by atoms with Gasteiger partial charge < -0.3 is 9.64 Å². The predicted molar refractivity (Wildman–Crippen MR) is 77.2 cm³/mol. The van der Waals surface area contributed by atoms with Gasteiger partial charge in [-0.3, -0.25) is 10.1 Å². The van der Waals surface area contributed by atoms with E-state index >= 15 is 0 Å². The fourth-order valence-corrected chi connectivity index (χ4v) is 2.98. The van der Waals surface area contributed by atoms with Crippen molar-refractivity contribution in [3.05, 3.63) is 35.9 Å². The molecule has 0 saturated carbocycles. The van der Waals surface area contributed by atoms with Crippen molar-refractivity contribution in [3.8, 4) is 0 Å². The number of carbonyl (C=O) groups is 1. The van der Waals surface area contributed by atoms with Gasteiger partial charge in [-0.25, -0.2) is 0 Å². The molecule has 1 aromatic rings. The number of nitrogens with one attached hydrogen (secondary N) is 1. The van der Waals surface area contributed by atoms with Crippen LogP contribution in [-0.2, 0) is 16.0 Å². The van der Waals surface area contributed by atoms with Crippen LogP contribution in [0.25, 0.3) is 0 Å². The molecular weight excluding hydrogens is 252 g/mol. The van der Waals surface area contributed by atoms with Gasteiger partial charge in [0.2, 0.25) is 5.91 Å². The fraction of sp³-hybridized carbons (Fsp3) is 0.562. The third-order valence-electron chi connectivity index (χ3n) is 4.21. The summed E-state index contributed by atoms with van der Waals surface area (Å²) in [4.78, 5) is 14.3. The van der Waals surface area contributed by atoms with Crippen LogP contribution >= 0.6 is 0 Å². The second-order valence-electron chi connectivity index (χ2n) is 5.73. The van der Waals surface area contributed by atoms with Crippen LogP contribution in [0.15, 0.2) is 30.3 Å². The van der Waals surface area contributed by atoms with E-state index in [0.29, 0.717) is 12.6 Å². The Kier molecular flexibility index (Phi) is 4.33. The van der Waals surface area contributed by atoms with Gasteiger partial charge in [-0.1, -0.05) is 30.3 Å². The van der Waals surface area contributed by atoms with Crippen LogP contribution in [-0.4, -0.2) is 43.3 Å². The molecule has 2 heterocycles. The van der Waals surface area contributed by atoms with Crippen molar-refractivity contribution >= 4 is 5.91 Å². The number of ether oxygens (including phenoxy) is 1. The molecule has 1 aromatic carbocycles. The van der Waals surface area contributed by atoms with Gasteiger partial charge in [0.1, 0.15) is 0 Å². The van der Waals surface area contributed by atoms with Crippen molar-refractivity contribution < 1.29 is 9.53 Å². The first-order valence-electron chi connectivity index (χ1n) is 7.47. The molecule has 2 saturated heterocycles. The zero-order chi connectivity index (χ0) is 13.8. The third kappa shape index (κ3) is 3.19. The van der Waals surface area contributed by atoms with Crippen molar-refractivity contribution in [2.24, 2.45) is 5.92 Å². The summed E-state index contributed by atoms with van der Waals surface area (Å²) in [5.74, 6) is 0.779. The van der Waals surface area contributed by atoms with E-state index in [1.165, 1.54) is 5.56 Å². The first-order chi connectivity index (χ1) is 9.83. The van der Waals surface area contributed by atoms with Crippen LogP contribution in [0.3, 0.4) is 0 Å². The van der Waals surface area contributed by atoms with E-state index in [9.17, 15) is 4.79 Å². The standard InChI is InChI=1S/C16H22N2O2/c19-16-15(7-6-13-4-2-1-3-5-13)17-12-18(16)10-14-8-9-20-11-14/h1-5,14-15,17H,6-12H2. The molecule has 0 aliphatic carbocycles. The van der Waals surface area contributed by atoms with Crippen molar-refractivity contribution in [1.82, 2.24) is 10.2 Å². The Bertz CT molecular complexity index is 443. The van der Waals surface area contributed by atoms with E-state index in [-0.39, 0.29) is 11.9 Å².